The molecule has 0 radical (unpaired) electrons. The lowest BCUT2D eigenvalue weighted by Gasteiger charge is -2.21. The predicted molar refractivity (Wildman–Crippen MR) is 64.0 cm³/mol. The summed E-state index contributed by atoms with van der Waals surface area (Å²) < 4.78 is 0. The van der Waals surface area contributed by atoms with E-state index in [-0.39, 0.29) is 0 Å². The first kappa shape index (κ1) is 11.9. The van der Waals surface area contributed by atoms with Gasteiger partial charge in [-0.3, -0.25) is 9.79 Å². The van der Waals surface area contributed by atoms with Crippen molar-refractivity contribution in [3.8, 4) is 0 Å². The maximum absolute atomic E-state index is 11.1. The van der Waals surface area contributed by atoms with Crippen LogP contribution in [-0.2, 0) is 4.79 Å². The molecule has 0 unspecified atom stereocenters. The van der Waals surface area contributed by atoms with Gasteiger partial charge in [0.2, 0.25) is 0 Å². The second-order valence-electron chi connectivity index (χ2n) is 3.86. The molecule has 0 aromatic rings. The van der Waals surface area contributed by atoms with Crippen LogP contribution in [0, 0.1) is 5.92 Å². The van der Waals surface area contributed by atoms with Gasteiger partial charge in [0.1, 0.15) is 5.78 Å². The zero-order chi connectivity index (χ0) is 11.1. The van der Waals surface area contributed by atoms with Crippen LogP contribution >= 0.6 is 0 Å². The smallest absolute Gasteiger partial charge is 0.132 e. The maximum atomic E-state index is 11.1. The normalized spacial score (nSPS) is 20.7. The first-order valence-corrected chi connectivity index (χ1v) is 5.60. The molecule has 1 aliphatic rings. The van der Waals surface area contributed by atoms with E-state index in [0.29, 0.717) is 11.7 Å². The van der Waals surface area contributed by atoms with E-state index >= 15 is 0 Å². The molecule has 0 bridgehead atoms. The number of allylic oxidation sites excluding steroid dienone is 3. The van der Waals surface area contributed by atoms with Crippen LogP contribution in [0.4, 0.5) is 0 Å². The van der Waals surface area contributed by atoms with Crippen LogP contribution < -0.4 is 0 Å². The van der Waals surface area contributed by atoms with E-state index in [4.69, 9.17) is 0 Å². The Hall–Kier alpha value is -1.18. The Morgan fingerprint density at radius 1 is 1.33 bits per heavy atom. The summed E-state index contributed by atoms with van der Waals surface area (Å²) in [7, 11) is 0. The molecular weight excluding hydrogens is 186 g/mol. The summed E-state index contributed by atoms with van der Waals surface area (Å²) in [6, 6.07) is 0. The van der Waals surface area contributed by atoms with E-state index in [1.807, 2.05) is 26.1 Å². The zero-order valence-electron chi connectivity index (χ0n) is 9.57. The molecule has 0 spiro atoms. The molecule has 0 atom stereocenters. The van der Waals surface area contributed by atoms with E-state index in [2.05, 4.69) is 11.1 Å². The molecule has 0 aromatic heterocycles. The third-order valence-electron chi connectivity index (χ3n) is 2.81. The molecule has 15 heavy (non-hydrogen) atoms. The summed E-state index contributed by atoms with van der Waals surface area (Å²) in [5.41, 5.74) is 1.26. The van der Waals surface area contributed by atoms with Crippen molar-refractivity contribution in [1.29, 1.82) is 0 Å². The van der Waals surface area contributed by atoms with Gasteiger partial charge in [-0.15, -0.1) is 0 Å². The van der Waals surface area contributed by atoms with Gasteiger partial charge in [0, 0.05) is 25.3 Å². The van der Waals surface area contributed by atoms with Crippen molar-refractivity contribution < 1.29 is 4.79 Å². The van der Waals surface area contributed by atoms with Gasteiger partial charge in [-0.25, -0.2) is 0 Å². The van der Waals surface area contributed by atoms with Crippen LogP contribution in [0.2, 0.25) is 0 Å². The van der Waals surface area contributed by atoms with Gasteiger partial charge in [0.25, 0.3) is 0 Å². The van der Waals surface area contributed by atoms with Gasteiger partial charge in [0.05, 0.1) is 0 Å². The fourth-order valence-corrected chi connectivity index (χ4v) is 1.90. The Morgan fingerprint density at radius 3 is 2.53 bits per heavy atom. The minimum Gasteiger partial charge on any atom is -0.300 e. The molecule has 2 heteroatoms. The summed E-state index contributed by atoms with van der Waals surface area (Å²) >= 11 is 0. The molecule has 0 aromatic carbocycles. The second kappa shape index (κ2) is 6.33. The molecule has 1 rings (SSSR count). The van der Waals surface area contributed by atoms with Gasteiger partial charge < -0.3 is 0 Å². The van der Waals surface area contributed by atoms with E-state index in [0.717, 1.165) is 25.7 Å². The summed E-state index contributed by atoms with van der Waals surface area (Å²) in [6.07, 6.45) is 11.2. The van der Waals surface area contributed by atoms with E-state index in [1.165, 1.54) is 5.57 Å². The number of hydrogen-bond acceptors (Lipinski definition) is 2. The van der Waals surface area contributed by atoms with Crippen molar-refractivity contribution in [2.75, 3.05) is 0 Å². The van der Waals surface area contributed by atoms with Crippen LogP contribution in [0.15, 0.2) is 28.9 Å². The minimum absolute atomic E-state index is 0.409. The Morgan fingerprint density at radius 2 is 2.00 bits per heavy atom. The Labute approximate surface area is 91.8 Å². The molecule has 0 saturated heterocycles. The highest BCUT2D eigenvalue weighted by Gasteiger charge is 2.20. The molecule has 2 nitrogen and oxygen atoms in total. The summed E-state index contributed by atoms with van der Waals surface area (Å²) in [5.74, 6) is 0.939. The molecular formula is C13H19NO. The monoisotopic (exact) mass is 205 g/mol. The largest absolute Gasteiger partial charge is 0.300 e. The number of Topliss-reactive ketones (excluding diaryl/α,β-unsaturated/α-hetero) is 1. The molecule has 1 saturated carbocycles. The van der Waals surface area contributed by atoms with E-state index < -0.39 is 0 Å². The van der Waals surface area contributed by atoms with Crippen molar-refractivity contribution in [2.24, 2.45) is 10.9 Å². The van der Waals surface area contributed by atoms with Crippen molar-refractivity contribution >= 4 is 12.0 Å². The van der Waals surface area contributed by atoms with E-state index in [9.17, 15) is 4.79 Å². The summed E-state index contributed by atoms with van der Waals surface area (Å²) in [4.78, 5) is 15.3. The number of carbonyl (C=O) groups excluding carboxylic acids is 1. The quantitative estimate of drug-likeness (QED) is 0.650. The Kier molecular flexibility index (Phi) is 5.02. The van der Waals surface area contributed by atoms with Crippen molar-refractivity contribution in [1.82, 2.24) is 0 Å². The number of rotatable bonds is 3. The molecule has 0 amide bonds. The van der Waals surface area contributed by atoms with Crippen LogP contribution in [0.5, 0.6) is 0 Å². The lowest BCUT2D eigenvalue weighted by Crippen LogP contribution is -2.16. The van der Waals surface area contributed by atoms with Gasteiger partial charge in [-0.2, -0.15) is 0 Å². The highest BCUT2D eigenvalue weighted by molar-refractivity contribution is 5.82. The van der Waals surface area contributed by atoms with Crippen molar-refractivity contribution in [3.63, 3.8) is 0 Å². The number of aliphatic imine (C=N–C) groups is 1. The van der Waals surface area contributed by atoms with Gasteiger partial charge in [0.15, 0.2) is 0 Å². The highest BCUT2D eigenvalue weighted by atomic mass is 16.1. The zero-order valence-corrected chi connectivity index (χ0v) is 9.57. The predicted octanol–water partition coefficient (Wildman–Crippen LogP) is 3.30. The highest BCUT2D eigenvalue weighted by Crippen LogP contribution is 2.27. The lowest BCUT2D eigenvalue weighted by atomic mass is 9.83. The van der Waals surface area contributed by atoms with Crippen LogP contribution in [0.25, 0.3) is 0 Å². The topological polar surface area (TPSA) is 29.4 Å². The number of carbonyl (C=O) groups is 1. The molecule has 0 heterocycles. The average molecular weight is 205 g/mol. The first-order valence-electron chi connectivity index (χ1n) is 5.60. The second-order valence-corrected chi connectivity index (χ2v) is 3.86. The molecule has 1 aliphatic carbocycles. The minimum atomic E-state index is 0.409. The van der Waals surface area contributed by atoms with Crippen molar-refractivity contribution in [2.45, 2.75) is 39.5 Å². The first-order chi connectivity index (χ1) is 7.27. The van der Waals surface area contributed by atoms with Crippen molar-refractivity contribution in [3.05, 3.63) is 23.9 Å². The standard InChI is InChI=1S/C13H19NO/c1-3-9-14-10-11(4-2)12-5-7-13(15)8-6-12/h3-4,9-10,12H,5-8H2,1-2H3/b9-3-,11-4+,14-10-. The summed E-state index contributed by atoms with van der Waals surface area (Å²) in [6.45, 7) is 3.99. The van der Waals surface area contributed by atoms with Gasteiger partial charge in [-0.05, 0) is 38.2 Å². The third-order valence-corrected chi connectivity index (χ3v) is 2.81. The fourth-order valence-electron chi connectivity index (χ4n) is 1.90. The third kappa shape index (κ3) is 3.82. The maximum Gasteiger partial charge on any atom is 0.132 e. The number of ketones is 1. The fraction of sp³-hybridized carbons (Fsp3) is 0.538. The molecule has 1 fully saturated rings. The Balaban J connectivity index is 2.56. The number of hydrogen-bond donors (Lipinski definition) is 0. The molecule has 0 aliphatic heterocycles. The summed E-state index contributed by atoms with van der Waals surface area (Å²) in [5, 5.41) is 0. The average Bonchev–Trinajstić information content (AvgIpc) is 2.26. The van der Waals surface area contributed by atoms with Crippen LogP contribution in [0.3, 0.4) is 0 Å². The van der Waals surface area contributed by atoms with Crippen LogP contribution in [-0.4, -0.2) is 12.0 Å². The van der Waals surface area contributed by atoms with Gasteiger partial charge >= 0.3 is 0 Å². The number of nitrogens with zero attached hydrogens (tertiary/aromatic N) is 1. The van der Waals surface area contributed by atoms with Crippen LogP contribution in [0.1, 0.15) is 39.5 Å². The molecule has 82 valence electrons. The Bertz CT molecular complexity index is 290. The van der Waals surface area contributed by atoms with E-state index in [1.54, 1.807) is 6.20 Å². The molecule has 0 N–H and O–H groups in total. The lowest BCUT2D eigenvalue weighted by molar-refractivity contribution is -0.120. The van der Waals surface area contributed by atoms with Gasteiger partial charge in [-0.1, -0.05) is 12.2 Å². The SMILES string of the molecule is C\C=C/N=C\C(=C/C)C1CCC(=O)CC1.